The van der Waals surface area contributed by atoms with E-state index in [0.717, 1.165) is 10.5 Å². The van der Waals surface area contributed by atoms with Crippen LogP contribution in [0.1, 0.15) is 39.5 Å². The molecule has 0 aliphatic carbocycles. The summed E-state index contributed by atoms with van der Waals surface area (Å²) in [4.78, 5) is 51.0. The number of ether oxygens (including phenoxy) is 2. The summed E-state index contributed by atoms with van der Waals surface area (Å²) in [6, 6.07) is 22.3. The highest BCUT2D eigenvalue weighted by molar-refractivity contribution is 6.07. The van der Waals surface area contributed by atoms with Gasteiger partial charge in [-0.3, -0.25) is 9.69 Å². The third-order valence-corrected chi connectivity index (χ3v) is 6.17. The Morgan fingerprint density at radius 1 is 0.974 bits per heavy atom. The second-order valence-electron chi connectivity index (χ2n) is 8.94. The number of benzene rings is 3. The summed E-state index contributed by atoms with van der Waals surface area (Å²) < 4.78 is 9.90. The van der Waals surface area contributed by atoms with E-state index in [0.29, 0.717) is 22.3 Å². The molecule has 4 amide bonds. The lowest BCUT2D eigenvalue weighted by Gasteiger charge is -2.22. The van der Waals surface area contributed by atoms with E-state index in [9.17, 15) is 19.2 Å². The normalized spacial score (nSPS) is 16.1. The van der Waals surface area contributed by atoms with Crippen molar-refractivity contribution in [1.29, 1.82) is 0 Å². The minimum atomic E-state index is -1.30. The maximum absolute atomic E-state index is 13.4. The van der Waals surface area contributed by atoms with Crippen molar-refractivity contribution < 1.29 is 28.7 Å². The molecule has 1 aliphatic rings. The summed E-state index contributed by atoms with van der Waals surface area (Å²) in [6.45, 7) is 1.86. The minimum Gasteiger partial charge on any atom is -0.465 e. The van der Waals surface area contributed by atoms with Gasteiger partial charge in [-0.2, -0.15) is 0 Å². The number of carbonyl (C=O) groups excluding carboxylic acids is 4. The van der Waals surface area contributed by atoms with Crippen molar-refractivity contribution in [2.45, 2.75) is 25.6 Å². The van der Waals surface area contributed by atoms with Crippen LogP contribution in [0.4, 0.5) is 9.59 Å². The molecule has 4 rings (SSSR count). The summed E-state index contributed by atoms with van der Waals surface area (Å²) in [5.74, 6) is 4.88. The SMILES string of the molecule is COC(=O)c1cccc(CN2C(=O)NC(C)(c3cccc(C#CCNC(=O)OCc4ccccc4)c3)C2=O)c1. The zero-order valence-electron chi connectivity index (χ0n) is 21.5. The lowest BCUT2D eigenvalue weighted by molar-refractivity contribution is -0.131. The number of nitrogens with zero attached hydrogens (tertiary/aromatic N) is 1. The third kappa shape index (κ3) is 6.43. The van der Waals surface area contributed by atoms with Gasteiger partial charge in [-0.05, 0) is 47.9 Å². The van der Waals surface area contributed by atoms with Crippen molar-refractivity contribution >= 4 is 24.0 Å². The van der Waals surface area contributed by atoms with E-state index in [-0.39, 0.29) is 19.7 Å². The average molecular weight is 526 g/mol. The number of rotatable bonds is 7. The molecule has 0 aromatic heterocycles. The molecule has 1 fully saturated rings. The van der Waals surface area contributed by atoms with Gasteiger partial charge in [0.15, 0.2) is 0 Å². The van der Waals surface area contributed by atoms with Gasteiger partial charge in [0, 0.05) is 5.56 Å². The van der Waals surface area contributed by atoms with Gasteiger partial charge in [-0.1, -0.05) is 66.4 Å². The number of urea groups is 1. The van der Waals surface area contributed by atoms with Crippen LogP contribution in [0.5, 0.6) is 0 Å². The van der Waals surface area contributed by atoms with E-state index in [2.05, 4.69) is 22.5 Å². The van der Waals surface area contributed by atoms with Crippen molar-refractivity contribution in [2.75, 3.05) is 13.7 Å². The number of imide groups is 1. The highest BCUT2D eigenvalue weighted by atomic mass is 16.5. The number of nitrogens with one attached hydrogen (secondary N) is 2. The van der Waals surface area contributed by atoms with Crippen molar-refractivity contribution in [3.63, 3.8) is 0 Å². The number of alkyl carbamates (subject to hydrolysis) is 1. The fourth-order valence-electron chi connectivity index (χ4n) is 4.08. The highest BCUT2D eigenvalue weighted by Gasteiger charge is 2.48. The Hall–Kier alpha value is -5.10. The van der Waals surface area contributed by atoms with Crippen LogP contribution in [0.15, 0.2) is 78.9 Å². The molecule has 9 heteroatoms. The molecule has 1 saturated heterocycles. The first kappa shape index (κ1) is 26.9. The lowest BCUT2D eigenvalue weighted by Crippen LogP contribution is -2.40. The topological polar surface area (TPSA) is 114 Å². The quantitative estimate of drug-likeness (QED) is 0.276. The molecule has 198 valence electrons. The Balaban J connectivity index is 1.38. The average Bonchev–Trinajstić information content (AvgIpc) is 3.18. The Morgan fingerprint density at radius 3 is 2.49 bits per heavy atom. The summed E-state index contributed by atoms with van der Waals surface area (Å²) in [5.41, 5.74) is 1.70. The summed E-state index contributed by atoms with van der Waals surface area (Å²) in [6.07, 6.45) is -0.578. The van der Waals surface area contributed by atoms with Crippen LogP contribution in [0, 0.1) is 11.8 Å². The number of esters is 1. The standard InChI is InChI=1S/C30H27N3O6/c1-30(27(35)33(28(36)32-30)19-23-12-6-14-24(17-23)26(34)38-2)25-15-7-11-21(18-25)13-8-16-31-29(37)39-20-22-9-4-3-5-10-22/h3-7,9-12,14-15,17-18H,16,19-20H2,1-2H3,(H,31,37)(H,32,36). The largest absolute Gasteiger partial charge is 0.465 e. The molecule has 1 unspecified atom stereocenters. The maximum Gasteiger partial charge on any atom is 0.408 e. The Kier molecular flexibility index (Phi) is 8.27. The number of methoxy groups -OCH3 is 1. The molecule has 1 aliphatic heterocycles. The summed E-state index contributed by atoms with van der Waals surface area (Å²) >= 11 is 0. The monoisotopic (exact) mass is 525 g/mol. The Bertz CT molecular complexity index is 1460. The van der Waals surface area contributed by atoms with Crippen LogP contribution in [0.2, 0.25) is 0 Å². The van der Waals surface area contributed by atoms with Gasteiger partial charge in [0.05, 0.1) is 25.8 Å². The van der Waals surface area contributed by atoms with Gasteiger partial charge in [0.25, 0.3) is 5.91 Å². The van der Waals surface area contributed by atoms with Crippen LogP contribution in [-0.2, 0) is 33.0 Å². The van der Waals surface area contributed by atoms with E-state index in [1.54, 1.807) is 55.5 Å². The maximum atomic E-state index is 13.4. The Labute approximate surface area is 226 Å². The second-order valence-corrected chi connectivity index (χ2v) is 8.94. The minimum absolute atomic E-state index is 0.00334. The van der Waals surface area contributed by atoms with Gasteiger partial charge in [0.1, 0.15) is 12.1 Å². The van der Waals surface area contributed by atoms with E-state index in [1.165, 1.54) is 7.11 Å². The van der Waals surface area contributed by atoms with Crippen LogP contribution in [-0.4, -0.2) is 42.6 Å². The van der Waals surface area contributed by atoms with Gasteiger partial charge >= 0.3 is 18.1 Å². The van der Waals surface area contributed by atoms with E-state index in [1.807, 2.05) is 30.3 Å². The predicted octanol–water partition coefficient (Wildman–Crippen LogP) is 3.72. The molecule has 3 aromatic carbocycles. The van der Waals surface area contributed by atoms with Gasteiger partial charge < -0.3 is 20.1 Å². The van der Waals surface area contributed by atoms with Gasteiger partial charge in [-0.15, -0.1) is 0 Å². The molecule has 0 spiro atoms. The van der Waals surface area contributed by atoms with Crippen LogP contribution >= 0.6 is 0 Å². The number of hydrogen-bond acceptors (Lipinski definition) is 6. The summed E-state index contributed by atoms with van der Waals surface area (Å²) in [7, 11) is 1.29. The molecule has 39 heavy (non-hydrogen) atoms. The van der Waals surface area contributed by atoms with Crippen molar-refractivity contribution in [1.82, 2.24) is 15.5 Å². The second kappa shape index (κ2) is 12.0. The number of hydrogen-bond donors (Lipinski definition) is 2. The molecule has 1 heterocycles. The first-order valence-corrected chi connectivity index (χ1v) is 12.2. The van der Waals surface area contributed by atoms with Crippen LogP contribution in [0.25, 0.3) is 0 Å². The molecular formula is C30H27N3O6. The van der Waals surface area contributed by atoms with Gasteiger partial charge in [-0.25, -0.2) is 14.4 Å². The summed E-state index contributed by atoms with van der Waals surface area (Å²) in [5, 5.41) is 5.35. The zero-order valence-corrected chi connectivity index (χ0v) is 21.5. The van der Waals surface area contributed by atoms with E-state index < -0.39 is 29.5 Å². The number of carbonyl (C=O) groups is 4. The van der Waals surface area contributed by atoms with Crippen molar-refractivity contribution in [3.05, 3.63) is 107 Å². The molecule has 0 saturated carbocycles. The van der Waals surface area contributed by atoms with E-state index >= 15 is 0 Å². The molecule has 3 aromatic rings. The molecule has 0 bridgehead atoms. The zero-order chi connectivity index (χ0) is 27.8. The van der Waals surface area contributed by atoms with Crippen LogP contribution < -0.4 is 10.6 Å². The fraction of sp³-hybridized carbons (Fsp3) is 0.200. The first-order valence-electron chi connectivity index (χ1n) is 12.2. The predicted molar refractivity (Wildman–Crippen MR) is 142 cm³/mol. The first-order chi connectivity index (χ1) is 18.8. The number of amides is 4. The van der Waals surface area contributed by atoms with Gasteiger partial charge in [0.2, 0.25) is 0 Å². The highest BCUT2D eigenvalue weighted by Crippen LogP contribution is 2.30. The van der Waals surface area contributed by atoms with Crippen molar-refractivity contribution in [2.24, 2.45) is 0 Å². The molecular weight excluding hydrogens is 498 g/mol. The molecule has 0 radical (unpaired) electrons. The third-order valence-electron chi connectivity index (χ3n) is 6.17. The smallest absolute Gasteiger partial charge is 0.408 e. The van der Waals surface area contributed by atoms with Crippen molar-refractivity contribution in [3.8, 4) is 11.8 Å². The lowest BCUT2D eigenvalue weighted by atomic mass is 9.90. The Morgan fingerprint density at radius 2 is 1.72 bits per heavy atom. The van der Waals surface area contributed by atoms with Crippen LogP contribution in [0.3, 0.4) is 0 Å². The fourth-order valence-corrected chi connectivity index (χ4v) is 4.08. The van der Waals surface area contributed by atoms with E-state index in [4.69, 9.17) is 9.47 Å². The molecule has 1 atom stereocenters. The molecule has 9 nitrogen and oxygen atoms in total. The molecule has 2 N–H and O–H groups in total.